The lowest BCUT2D eigenvalue weighted by Gasteiger charge is -2.36. The molecule has 184 valence electrons. The van der Waals surface area contributed by atoms with Gasteiger partial charge in [-0.15, -0.1) is 0 Å². The molecule has 2 aromatic carbocycles. The molecule has 1 amide bonds. The number of carboxylic acids is 1. The zero-order valence-corrected chi connectivity index (χ0v) is 19.5. The summed E-state index contributed by atoms with van der Waals surface area (Å²) in [4.78, 5) is 25.6. The quantitative estimate of drug-likeness (QED) is 0.350. The Morgan fingerprint density at radius 1 is 0.971 bits per heavy atom. The van der Waals surface area contributed by atoms with Gasteiger partial charge in [0.05, 0.1) is 11.8 Å². The van der Waals surface area contributed by atoms with Gasteiger partial charge in [0.15, 0.2) is 11.6 Å². The average molecular weight is 476 g/mol. The Hall–Kier alpha value is -2.83. The highest BCUT2D eigenvalue weighted by atomic mass is 19.1. The SMILES string of the molecule is CCCCCCCCCC1Cc2ccccc2C(C(=O)Nc2c(F)cc(F)cc2F)C1C(=O)O. The van der Waals surface area contributed by atoms with Crippen LogP contribution in [0.1, 0.15) is 75.3 Å². The van der Waals surface area contributed by atoms with Gasteiger partial charge in [0.2, 0.25) is 5.91 Å². The number of fused-ring (bicyclic) bond motifs is 1. The minimum absolute atomic E-state index is 0.276. The number of nitrogens with one attached hydrogen (secondary N) is 1. The predicted molar refractivity (Wildman–Crippen MR) is 125 cm³/mol. The van der Waals surface area contributed by atoms with Crippen LogP contribution in [-0.4, -0.2) is 17.0 Å². The Morgan fingerprint density at radius 2 is 1.59 bits per heavy atom. The van der Waals surface area contributed by atoms with Crippen molar-refractivity contribution in [2.75, 3.05) is 5.32 Å². The third-order valence-electron chi connectivity index (χ3n) is 6.74. The summed E-state index contributed by atoms with van der Waals surface area (Å²) < 4.78 is 41.6. The number of amides is 1. The Labute approximate surface area is 198 Å². The van der Waals surface area contributed by atoms with Gasteiger partial charge < -0.3 is 10.4 Å². The Bertz CT molecular complexity index is 987. The van der Waals surface area contributed by atoms with Crippen molar-refractivity contribution in [3.8, 4) is 0 Å². The molecule has 3 unspecified atom stereocenters. The third-order valence-corrected chi connectivity index (χ3v) is 6.74. The number of carbonyl (C=O) groups is 2. The normalized spacial score (nSPS) is 19.5. The highest BCUT2D eigenvalue weighted by molar-refractivity contribution is 5.99. The maximum Gasteiger partial charge on any atom is 0.307 e. The van der Waals surface area contributed by atoms with E-state index >= 15 is 0 Å². The second-order valence-electron chi connectivity index (χ2n) is 9.15. The number of hydrogen-bond acceptors (Lipinski definition) is 2. The summed E-state index contributed by atoms with van der Waals surface area (Å²) >= 11 is 0. The van der Waals surface area contributed by atoms with Crippen LogP contribution in [0.25, 0.3) is 0 Å². The monoisotopic (exact) mass is 475 g/mol. The maximum absolute atomic E-state index is 14.2. The molecule has 34 heavy (non-hydrogen) atoms. The molecule has 3 rings (SSSR count). The second-order valence-corrected chi connectivity index (χ2v) is 9.15. The molecule has 0 saturated heterocycles. The molecule has 3 atom stereocenters. The van der Waals surface area contributed by atoms with Gasteiger partial charge in [-0.05, 0) is 29.9 Å². The van der Waals surface area contributed by atoms with Crippen LogP contribution in [-0.2, 0) is 16.0 Å². The molecule has 0 saturated carbocycles. The van der Waals surface area contributed by atoms with Crippen LogP contribution in [0, 0.1) is 29.3 Å². The lowest BCUT2D eigenvalue weighted by atomic mass is 9.67. The highest BCUT2D eigenvalue weighted by Gasteiger charge is 2.44. The molecule has 0 fully saturated rings. The number of rotatable bonds is 11. The van der Waals surface area contributed by atoms with Gasteiger partial charge >= 0.3 is 5.97 Å². The Morgan fingerprint density at radius 3 is 2.24 bits per heavy atom. The minimum atomic E-state index is -1.25. The molecule has 4 nitrogen and oxygen atoms in total. The molecule has 0 spiro atoms. The smallest absolute Gasteiger partial charge is 0.307 e. The molecule has 0 radical (unpaired) electrons. The highest BCUT2D eigenvalue weighted by Crippen LogP contribution is 2.43. The summed E-state index contributed by atoms with van der Waals surface area (Å²) in [5.41, 5.74) is 0.640. The first kappa shape index (κ1) is 25.8. The number of hydrogen-bond donors (Lipinski definition) is 2. The molecule has 7 heteroatoms. The van der Waals surface area contributed by atoms with Gasteiger partial charge in [-0.2, -0.15) is 0 Å². The zero-order chi connectivity index (χ0) is 24.7. The molecule has 0 heterocycles. The topological polar surface area (TPSA) is 66.4 Å². The van der Waals surface area contributed by atoms with Crippen molar-refractivity contribution in [1.29, 1.82) is 0 Å². The van der Waals surface area contributed by atoms with Gasteiger partial charge in [-0.25, -0.2) is 13.2 Å². The van der Waals surface area contributed by atoms with Gasteiger partial charge in [-0.1, -0.05) is 76.1 Å². The number of unbranched alkanes of at least 4 members (excludes halogenated alkanes) is 6. The van der Waals surface area contributed by atoms with Crippen molar-refractivity contribution in [3.63, 3.8) is 0 Å². The van der Waals surface area contributed by atoms with Crippen LogP contribution >= 0.6 is 0 Å². The molecule has 0 bridgehead atoms. The van der Waals surface area contributed by atoms with Crippen molar-refractivity contribution in [1.82, 2.24) is 0 Å². The van der Waals surface area contributed by atoms with E-state index in [-0.39, 0.29) is 5.92 Å². The van der Waals surface area contributed by atoms with E-state index in [1.807, 2.05) is 12.1 Å². The number of anilines is 1. The predicted octanol–water partition coefficient (Wildman–Crippen LogP) is 6.84. The maximum atomic E-state index is 14.2. The van der Waals surface area contributed by atoms with Crippen LogP contribution in [0.3, 0.4) is 0 Å². The van der Waals surface area contributed by atoms with Gasteiger partial charge in [0.25, 0.3) is 0 Å². The van der Waals surface area contributed by atoms with Crippen LogP contribution < -0.4 is 5.32 Å². The first-order chi connectivity index (χ1) is 16.3. The molecule has 0 aromatic heterocycles. The van der Waals surface area contributed by atoms with Gasteiger partial charge in [0.1, 0.15) is 11.5 Å². The fraction of sp³-hybridized carbons (Fsp3) is 0.481. The lowest BCUT2D eigenvalue weighted by Crippen LogP contribution is -2.41. The fourth-order valence-corrected chi connectivity index (χ4v) is 5.05. The van der Waals surface area contributed by atoms with E-state index < -0.39 is 46.9 Å². The summed E-state index contributed by atoms with van der Waals surface area (Å²) in [6.07, 6.45) is 8.88. The number of benzene rings is 2. The van der Waals surface area contributed by atoms with Crippen molar-refractivity contribution >= 4 is 17.6 Å². The largest absolute Gasteiger partial charge is 0.481 e. The summed E-state index contributed by atoms with van der Waals surface area (Å²) in [5.74, 6) is -7.93. The minimum Gasteiger partial charge on any atom is -0.481 e. The zero-order valence-electron chi connectivity index (χ0n) is 19.5. The van der Waals surface area contributed by atoms with Crippen molar-refractivity contribution in [2.45, 2.75) is 70.6 Å². The summed E-state index contributed by atoms with van der Waals surface area (Å²) in [7, 11) is 0. The summed E-state index contributed by atoms with van der Waals surface area (Å²) in [5, 5.41) is 12.3. The van der Waals surface area contributed by atoms with E-state index in [0.29, 0.717) is 30.5 Å². The van der Waals surface area contributed by atoms with Crippen LogP contribution in [0.15, 0.2) is 36.4 Å². The average Bonchev–Trinajstić information content (AvgIpc) is 2.79. The van der Waals surface area contributed by atoms with E-state index in [0.717, 1.165) is 31.2 Å². The van der Waals surface area contributed by atoms with Crippen LogP contribution in [0.4, 0.5) is 18.9 Å². The molecule has 1 aliphatic carbocycles. The van der Waals surface area contributed by atoms with E-state index in [4.69, 9.17) is 0 Å². The summed E-state index contributed by atoms with van der Waals surface area (Å²) in [6, 6.07) is 8.06. The lowest BCUT2D eigenvalue weighted by molar-refractivity contribution is -0.147. The molecular formula is C27H32F3NO3. The number of carbonyl (C=O) groups excluding carboxylic acids is 1. The molecule has 0 aliphatic heterocycles. The van der Waals surface area contributed by atoms with Gasteiger partial charge in [0, 0.05) is 12.1 Å². The standard InChI is InChI=1S/C27H32F3NO3/c1-2-3-4-5-6-7-8-12-18-14-17-11-9-10-13-20(17)24(23(18)27(33)34)26(32)31-25-21(29)15-19(28)16-22(25)30/h9-11,13,15-16,18,23-24H,2-8,12,14H2,1H3,(H,31,32)(H,33,34). The van der Waals surface area contributed by atoms with Crippen LogP contribution in [0.5, 0.6) is 0 Å². The van der Waals surface area contributed by atoms with Crippen LogP contribution in [0.2, 0.25) is 0 Å². The second kappa shape index (κ2) is 12.0. The number of carboxylic acid groups (broad SMARTS) is 1. The van der Waals surface area contributed by atoms with Gasteiger partial charge in [-0.3, -0.25) is 9.59 Å². The van der Waals surface area contributed by atoms with Crippen molar-refractivity contribution in [3.05, 3.63) is 65.0 Å². The first-order valence-electron chi connectivity index (χ1n) is 12.1. The Balaban J connectivity index is 1.81. The fourth-order valence-electron chi connectivity index (χ4n) is 5.05. The van der Waals surface area contributed by atoms with Crippen molar-refractivity contribution < 1.29 is 27.9 Å². The molecule has 1 aliphatic rings. The summed E-state index contributed by atoms with van der Waals surface area (Å²) in [6.45, 7) is 2.17. The van der Waals surface area contributed by atoms with E-state index in [9.17, 15) is 27.9 Å². The molecular weight excluding hydrogens is 443 g/mol. The third kappa shape index (κ3) is 6.19. The van der Waals surface area contributed by atoms with Crippen molar-refractivity contribution in [2.24, 2.45) is 11.8 Å². The Kier molecular flexibility index (Phi) is 9.13. The number of halogens is 3. The van der Waals surface area contributed by atoms with E-state index in [1.165, 1.54) is 19.3 Å². The van der Waals surface area contributed by atoms with E-state index in [2.05, 4.69) is 12.2 Å². The van der Waals surface area contributed by atoms with E-state index in [1.54, 1.807) is 12.1 Å². The first-order valence-corrected chi connectivity index (χ1v) is 12.1. The molecule has 2 aromatic rings. The number of aliphatic carboxylic acids is 1. The molecule has 2 N–H and O–H groups in total.